The van der Waals surface area contributed by atoms with Gasteiger partial charge in [0.15, 0.2) is 0 Å². The molecule has 1 aromatic carbocycles. The summed E-state index contributed by atoms with van der Waals surface area (Å²) < 4.78 is 5.37. The van der Waals surface area contributed by atoms with Gasteiger partial charge in [-0.25, -0.2) is 0 Å². The third-order valence-electron chi connectivity index (χ3n) is 2.49. The van der Waals surface area contributed by atoms with E-state index in [0.717, 1.165) is 18.7 Å². The molecule has 0 aromatic heterocycles. The molecule has 0 bridgehead atoms. The molecular formula is C14H19NO. The minimum absolute atomic E-state index is 0.322. The van der Waals surface area contributed by atoms with Crippen molar-refractivity contribution in [1.29, 1.82) is 0 Å². The quantitative estimate of drug-likeness (QED) is 0.739. The van der Waals surface area contributed by atoms with Crippen LogP contribution < -0.4 is 10.1 Å². The second kappa shape index (κ2) is 6.92. The molecular weight excluding hydrogens is 198 g/mol. The van der Waals surface area contributed by atoms with Gasteiger partial charge in [0.05, 0.1) is 0 Å². The number of rotatable bonds is 6. The predicted octanol–water partition coefficient (Wildman–Crippen LogP) is 2.59. The Morgan fingerprint density at radius 1 is 1.50 bits per heavy atom. The molecule has 0 aliphatic carbocycles. The minimum Gasteiger partial charge on any atom is -0.481 e. The van der Waals surface area contributed by atoms with Gasteiger partial charge in [-0.15, -0.1) is 6.42 Å². The minimum atomic E-state index is 0.322. The molecule has 1 aromatic rings. The number of hydrogen-bond acceptors (Lipinski definition) is 2. The molecule has 16 heavy (non-hydrogen) atoms. The first-order valence-electron chi connectivity index (χ1n) is 5.64. The Balaban J connectivity index is 2.50. The lowest BCUT2D eigenvalue weighted by Crippen LogP contribution is -2.24. The Kier molecular flexibility index (Phi) is 5.45. The third-order valence-corrected chi connectivity index (χ3v) is 2.49. The van der Waals surface area contributed by atoms with Crippen LogP contribution in [0.4, 0.5) is 0 Å². The van der Waals surface area contributed by atoms with Gasteiger partial charge >= 0.3 is 0 Å². The first-order valence-corrected chi connectivity index (χ1v) is 5.64. The lowest BCUT2D eigenvalue weighted by molar-refractivity contribution is 0.369. The van der Waals surface area contributed by atoms with E-state index in [1.165, 1.54) is 5.56 Å². The SMILES string of the molecule is C#CCOc1cccc(CN[C@H](C)CC)c1. The Labute approximate surface area is 98.0 Å². The fraction of sp³-hybridized carbons (Fsp3) is 0.429. The zero-order valence-electron chi connectivity index (χ0n) is 9.99. The van der Waals surface area contributed by atoms with E-state index >= 15 is 0 Å². The van der Waals surface area contributed by atoms with Crippen molar-refractivity contribution < 1.29 is 4.74 Å². The maximum absolute atomic E-state index is 5.37. The number of ether oxygens (including phenoxy) is 1. The average Bonchev–Trinajstić information content (AvgIpc) is 2.34. The Hall–Kier alpha value is -1.46. The average molecular weight is 217 g/mol. The summed E-state index contributed by atoms with van der Waals surface area (Å²) >= 11 is 0. The summed E-state index contributed by atoms with van der Waals surface area (Å²) in [5.74, 6) is 3.29. The van der Waals surface area contributed by atoms with Gasteiger partial charge in [-0.05, 0) is 31.0 Å². The zero-order chi connectivity index (χ0) is 11.8. The van der Waals surface area contributed by atoms with Crippen molar-refractivity contribution in [3.8, 4) is 18.1 Å². The van der Waals surface area contributed by atoms with E-state index in [0.29, 0.717) is 12.6 Å². The van der Waals surface area contributed by atoms with Crippen molar-refractivity contribution in [2.24, 2.45) is 0 Å². The van der Waals surface area contributed by atoms with E-state index in [9.17, 15) is 0 Å². The second-order valence-electron chi connectivity index (χ2n) is 3.83. The van der Waals surface area contributed by atoms with Gasteiger partial charge in [0, 0.05) is 12.6 Å². The fourth-order valence-electron chi connectivity index (χ4n) is 1.31. The molecule has 0 spiro atoms. The number of nitrogens with one attached hydrogen (secondary N) is 1. The van der Waals surface area contributed by atoms with Crippen LogP contribution >= 0.6 is 0 Å². The smallest absolute Gasteiger partial charge is 0.148 e. The number of benzene rings is 1. The van der Waals surface area contributed by atoms with Crippen molar-refractivity contribution in [1.82, 2.24) is 5.32 Å². The van der Waals surface area contributed by atoms with Gasteiger partial charge in [0.1, 0.15) is 12.4 Å². The highest BCUT2D eigenvalue weighted by molar-refractivity contribution is 5.28. The van der Waals surface area contributed by atoms with Gasteiger partial charge in [0.25, 0.3) is 0 Å². The van der Waals surface area contributed by atoms with Crippen LogP contribution in [0, 0.1) is 12.3 Å². The van der Waals surface area contributed by atoms with Gasteiger partial charge < -0.3 is 10.1 Å². The molecule has 0 amide bonds. The highest BCUT2D eigenvalue weighted by Crippen LogP contribution is 2.13. The summed E-state index contributed by atoms with van der Waals surface area (Å²) in [6.07, 6.45) is 6.28. The summed E-state index contributed by atoms with van der Waals surface area (Å²) in [5.41, 5.74) is 1.22. The molecule has 0 heterocycles. The zero-order valence-corrected chi connectivity index (χ0v) is 9.99. The van der Waals surface area contributed by atoms with E-state index < -0.39 is 0 Å². The summed E-state index contributed by atoms with van der Waals surface area (Å²) in [4.78, 5) is 0. The topological polar surface area (TPSA) is 21.3 Å². The van der Waals surface area contributed by atoms with Gasteiger partial charge in [-0.1, -0.05) is 25.0 Å². The number of hydrogen-bond donors (Lipinski definition) is 1. The molecule has 1 N–H and O–H groups in total. The highest BCUT2D eigenvalue weighted by atomic mass is 16.5. The van der Waals surface area contributed by atoms with Crippen LogP contribution in [-0.2, 0) is 6.54 Å². The van der Waals surface area contributed by atoms with Crippen LogP contribution in [0.2, 0.25) is 0 Å². The largest absolute Gasteiger partial charge is 0.481 e. The molecule has 1 rings (SSSR count). The molecule has 86 valence electrons. The van der Waals surface area contributed by atoms with E-state index in [1.54, 1.807) is 0 Å². The van der Waals surface area contributed by atoms with Gasteiger partial charge in [0.2, 0.25) is 0 Å². The van der Waals surface area contributed by atoms with Crippen LogP contribution in [0.1, 0.15) is 25.8 Å². The molecule has 0 aliphatic heterocycles. The first-order chi connectivity index (χ1) is 7.76. The maximum atomic E-state index is 5.37. The molecule has 1 atom stereocenters. The van der Waals surface area contributed by atoms with E-state index in [1.807, 2.05) is 18.2 Å². The molecule has 2 nitrogen and oxygen atoms in total. The van der Waals surface area contributed by atoms with Crippen LogP contribution in [0.15, 0.2) is 24.3 Å². The first kappa shape index (κ1) is 12.6. The van der Waals surface area contributed by atoms with E-state index in [2.05, 4.69) is 31.2 Å². The summed E-state index contributed by atoms with van der Waals surface area (Å²) in [5, 5.41) is 3.44. The van der Waals surface area contributed by atoms with Crippen LogP contribution in [0.3, 0.4) is 0 Å². The summed E-state index contributed by atoms with van der Waals surface area (Å²) in [7, 11) is 0. The molecule has 0 fully saturated rings. The monoisotopic (exact) mass is 217 g/mol. The van der Waals surface area contributed by atoms with E-state index in [4.69, 9.17) is 11.2 Å². The normalized spacial score (nSPS) is 11.8. The highest BCUT2D eigenvalue weighted by Gasteiger charge is 1.99. The van der Waals surface area contributed by atoms with Crippen molar-refractivity contribution >= 4 is 0 Å². The lowest BCUT2D eigenvalue weighted by atomic mass is 10.2. The van der Waals surface area contributed by atoms with Crippen molar-refractivity contribution in [2.75, 3.05) is 6.61 Å². The Morgan fingerprint density at radius 2 is 2.31 bits per heavy atom. The summed E-state index contributed by atoms with van der Waals surface area (Å²) in [6, 6.07) is 8.55. The van der Waals surface area contributed by atoms with Crippen LogP contribution in [0.25, 0.3) is 0 Å². The Bertz CT molecular complexity index is 354. The molecule has 0 unspecified atom stereocenters. The molecule has 0 radical (unpaired) electrons. The van der Waals surface area contributed by atoms with Gasteiger partial charge in [-0.3, -0.25) is 0 Å². The maximum Gasteiger partial charge on any atom is 0.148 e. The number of terminal acetylenes is 1. The standard InChI is InChI=1S/C14H19NO/c1-4-9-16-14-8-6-7-13(10-14)11-15-12(3)5-2/h1,6-8,10,12,15H,5,9,11H2,2-3H3/t12-/m1/s1. The lowest BCUT2D eigenvalue weighted by Gasteiger charge is -2.11. The second-order valence-corrected chi connectivity index (χ2v) is 3.83. The fourth-order valence-corrected chi connectivity index (χ4v) is 1.31. The third kappa shape index (κ3) is 4.37. The summed E-state index contributed by atoms with van der Waals surface area (Å²) in [6.45, 7) is 5.54. The van der Waals surface area contributed by atoms with Gasteiger partial charge in [-0.2, -0.15) is 0 Å². The van der Waals surface area contributed by atoms with Crippen molar-refractivity contribution in [2.45, 2.75) is 32.9 Å². The molecule has 0 saturated heterocycles. The predicted molar refractivity (Wildman–Crippen MR) is 67.4 cm³/mol. The van der Waals surface area contributed by atoms with E-state index in [-0.39, 0.29) is 0 Å². The van der Waals surface area contributed by atoms with Crippen LogP contribution in [-0.4, -0.2) is 12.6 Å². The molecule has 0 saturated carbocycles. The Morgan fingerprint density at radius 3 is 3.00 bits per heavy atom. The molecule has 2 heteroatoms. The van der Waals surface area contributed by atoms with Crippen LogP contribution in [0.5, 0.6) is 5.75 Å². The molecule has 0 aliphatic rings. The van der Waals surface area contributed by atoms with Crippen molar-refractivity contribution in [3.63, 3.8) is 0 Å². The van der Waals surface area contributed by atoms with Crippen molar-refractivity contribution in [3.05, 3.63) is 29.8 Å².